The van der Waals surface area contributed by atoms with E-state index in [1.54, 1.807) is 0 Å². The molecule has 0 nitrogen and oxygen atoms in total. The van der Waals surface area contributed by atoms with Gasteiger partial charge >= 0.3 is 0 Å². The van der Waals surface area contributed by atoms with E-state index in [-0.39, 0.29) is 5.92 Å². The molecule has 0 saturated heterocycles. The van der Waals surface area contributed by atoms with E-state index in [0.717, 1.165) is 0 Å². The molecule has 0 spiro atoms. The lowest BCUT2D eigenvalue weighted by Gasteiger charge is -2.18. The molecule has 0 aliphatic carbocycles. The van der Waals surface area contributed by atoms with Crippen molar-refractivity contribution in [2.45, 2.75) is 5.92 Å². The molecule has 0 saturated carbocycles. The lowest BCUT2D eigenvalue weighted by atomic mass is 9.85. The van der Waals surface area contributed by atoms with Crippen molar-refractivity contribution >= 4 is 0 Å². The molecule has 0 heteroatoms. The highest BCUT2D eigenvalue weighted by Gasteiger charge is 2.15. The second-order valence-corrected chi connectivity index (χ2v) is 4.52. The first-order valence-corrected chi connectivity index (χ1v) is 6.43. The maximum Gasteiger partial charge on any atom is 0.0346 e. The lowest BCUT2D eigenvalue weighted by Crippen LogP contribution is -2.02. The fraction of sp³-hybridized carbons (Fsp3) is 0.0526. The zero-order valence-electron chi connectivity index (χ0n) is 10.6. The van der Waals surface area contributed by atoms with Gasteiger partial charge in [-0.05, 0) is 34.9 Å². The summed E-state index contributed by atoms with van der Waals surface area (Å²) in [5, 5.41) is 0. The van der Waals surface area contributed by atoms with Gasteiger partial charge in [0.2, 0.25) is 0 Å². The third kappa shape index (κ3) is 2.51. The van der Waals surface area contributed by atoms with E-state index in [1.807, 2.05) is 12.1 Å². The van der Waals surface area contributed by atoms with Crippen LogP contribution in [0.4, 0.5) is 0 Å². The monoisotopic (exact) mass is 242 g/mol. The Morgan fingerprint density at radius 2 is 1.16 bits per heavy atom. The van der Waals surface area contributed by atoms with Crippen LogP contribution in [0.2, 0.25) is 0 Å². The number of hydrogen-bond acceptors (Lipinski definition) is 0. The van der Waals surface area contributed by atoms with Gasteiger partial charge in [0.25, 0.3) is 0 Å². The molecule has 0 radical (unpaired) electrons. The van der Waals surface area contributed by atoms with Crippen molar-refractivity contribution < 1.29 is 0 Å². The van der Waals surface area contributed by atoms with Crippen LogP contribution in [0.5, 0.6) is 0 Å². The van der Waals surface area contributed by atoms with Crippen LogP contribution >= 0.6 is 0 Å². The highest BCUT2D eigenvalue weighted by Crippen LogP contribution is 2.30. The second kappa shape index (κ2) is 5.42. The molecule has 0 aliphatic heterocycles. The topological polar surface area (TPSA) is 0 Å². The summed E-state index contributed by atoms with van der Waals surface area (Å²) in [5.74, 6) is 0.258. The molecule has 0 aliphatic rings. The van der Waals surface area contributed by atoms with Crippen molar-refractivity contribution in [2.75, 3.05) is 0 Å². The molecule has 0 amide bonds. The van der Waals surface area contributed by atoms with E-state index in [9.17, 15) is 0 Å². The summed E-state index contributed by atoms with van der Waals surface area (Å²) in [6.07, 6.45) is 0. The van der Waals surface area contributed by atoms with Crippen molar-refractivity contribution in [3.8, 4) is 0 Å². The van der Waals surface area contributed by atoms with Gasteiger partial charge in [0, 0.05) is 5.92 Å². The second-order valence-electron chi connectivity index (χ2n) is 4.52. The summed E-state index contributed by atoms with van der Waals surface area (Å²) in [6.45, 7) is 0. The Bertz CT molecular complexity index is 518. The average Bonchev–Trinajstić information content (AvgIpc) is 2.51. The van der Waals surface area contributed by atoms with Gasteiger partial charge in [-0.1, -0.05) is 72.8 Å². The van der Waals surface area contributed by atoms with Gasteiger partial charge in [0.1, 0.15) is 0 Å². The number of benzene rings is 2. The van der Waals surface area contributed by atoms with Crippen molar-refractivity contribution in [2.24, 2.45) is 0 Å². The van der Waals surface area contributed by atoms with E-state index in [4.69, 9.17) is 0 Å². The van der Waals surface area contributed by atoms with Gasteiger partial charge in [0.05, 0.1) is 0 Å². The number of hydrogen-bond donors (Lipinski definition) is 0. The molecule has 0 heterocycles. The van der Waals surface area contributed by atoms with Crippen LogP contribution in [0, 0.1) is 12.1 Å². The zero-order chi connectivity index (χ0) is 12.9. The third-order valence-electron chi connectivity index (χ3n) is 3.28. The Morgan fingerprint density at radius 3 is 1.63 bits per heavy atom. The van der Waals surface area contributed by atoms with E-state index in [0.29, 0.717) is 0 Å². The Labute approximate surface area is 114 Å². The molecule has 0 atom stereocenters. The van der Waals surface area contributed by atoms with Gasteiger partial charge in [-0.3, -0.25) is 0 Å². The summed E-state index contributed by atoms with van der Waals surface area (Å²) in [4.78, 5) is 0. The normalized spacial score (nSPS) is 10.2. The molecular weight excluding hydrogens is 228 g/mol. The molecule has 3 rings (SSSR count). The van der Waals surface area contributed by atoms with Crippen LogP contribution in [0.3, 0.4) is 0 Å². The van der Waals surface area contributed by atoms with E-state index in [2.05, 4.69) is 78.9 Å². The molecular formula is C19H14. The molecule has 0 bridgehead atoms. The summed E-state index contributed by atoms with van der Waals surface area (Å²) < 4.78 is 0. The summed E-state index contributed by atoms with van der Waals surface area (Å²) >= 11 is 0. The maximum absolute atomic E-state index is 3.06. The smallest absolute Gasteiger partial charge is 0.0346 e. The van der Waals surface area contributed by atoms with Crippen LogP contribution in [0.25, 0.3) is 0 Å². The Hall–Kier alpha value is -2.52. The minimum Gasteiger partial charge on any atom is -0.0702 e. The van der Waals surface area contributed by atoms with Crippen LogP contribution < -0.4 is 0 Å². The van der Waals surface area contributed by atoms with Crippen molar-refractivity contribution in [3.05, 3.63) is 108 Å². The molecule has 0 N–H and O–H groups in total. The van der Waals surface area contributed by atoms with Crippen LogP contribution in [0.1, 0.15) is 22.6 Å². The minimum atomic E-state index is 0.258. The fourth-order valence-electron chi connectivity index (χ4n) is 2.41. The SMILES string of the molecule is c1ccc(C(c2ccccc2)c2ccccc2)cc#1. The summed E-state index contributed by atoms with van der Waals surface area (Å²) in [7, 11) is 0. The lowest BCUT2D eigenvalue weighted by molar-refractivity contribution is 0.978. The molecule has 0 fully saturated rings. The van der Waals surface area contributed by atoms with Gasteiger partial charge in [-0.25, -0.2) is 0 Å². The average molecular weight is 242 g/mol. The van der Waals surface area contributed by atoms with Gasteiger partial charge in [-0.2, -0.15) is 0 Å². The Balaban J connectivity index is 2.12. The summed E-state index contributed by atoms with van der Waals surface area (Å²) in [5.41, 5.74) is 3.85. The van der Waals surface area contributed by atoms with Gasteiger partial charge in [0.15, 0.2) is 0 Å². The number of rotatable bonds is 3. The minimum absolute atomic E-state index is 0.258. The maximum atomic E-state index is 3.06. The predicted octanol–water partition coefficient (Wildman–Crippen LogP) is 4.47. The first-order chi connectivity index (χ1) is 9.45. The van der Waals surface area contributed by atoms with Gasteiger partial charge in [-0.15, -0.1) is 0 Å². The molecule has 3 aromatic rings. The third-order valence-corrected chi connectivity index (χ3v) is 3.28. The van der Waals surface area contributed by atoms with Gasteiger partial charge < -0.3 is 0 Å². The fourth-order valence-corrected chi connectivity index (χ4v) is 2.41. The molecule has 19 heavy (non-hydrogen) atoms. The first-order valence-electron chi connectivity index (χ1n) is 6.43. The quantitative estimate of drug-likeness (QED) is 0.635. The standard InChI is InChI=1S/C19H14/c1-4-10-16(11-5-1)19(17-12-6-2-7-13-17)18-14-8-3-9-15-18/h1-2,4-8,10-15,19H. The highest BCUT2D eigenvalue weighted by molar-refractivity contribution is 5.42. The summed E-state index contributed by atoms with van der Waals surface area (Å²) in [6, 6.07) is 33.2. The van der Waals surface area contributed by atoms with E-state index < -0.39 is 0 Å². The first kappa shape index (κ1) is 11.6. The molecule has 0 unspecified atom stereocenters. The van der Waals surface area contributed by atoms with Crippen molar-refractivity contribution in [1.82, 2.24) is 0 Å². The largest absolute Gasteiger partial charge is 0.0702 e. The highest BCUT2D eigenvalue weighted by atomic mass is 14.2. The molecule has 90 valence electrons. The molecule has 3 aromatic carbocycles. The predicted molar refractivity (Wildman–Crippen MR) is 77.9 cm³/mol. The van der Waals surface area contributed by atoms with E-state index in [1.165, 1.54) is 16.7 Å². The Morgan fingerprint density at radius 1 is 0.579 bits per heavy atom. The van der Waals surface area contributed by atoms with Crippen molar-refractivity contribution in [1.29, 1.82) is 0 Å². The van der Waals surface area contributed by atoms with Crippen LogP contribution in [-0.4, -0.2) is 0 Å². The van der Waals surface area contributed by atoms with Crippen LogP contribution in [0.15, 0.2) is 78.9 Å². The Kier molecular flexibility index (Phi) is 3.30. The van der Waals surface area contributed by atoms with Crippen LogP contribution in [-0.2, 0) is 0 Å². The zero-order valence-corrected chi connectivity index (χ0v) is 10.6. The molecule has 0 aromatic heterocycles. The van der Waals surface area contributed by atoms with E-state index >= 15 is 0 Å². The van der Waals surface area contributed by atoms with Crippen molar-refractivity contribution in [3.63, 3.8) is 0 Å².